The molecule has 4 N–H and O–H groups in total. The summed E-state index contributed by atoms with van der Waals surface area (Å²) in [5, 5.41) is 2.61. The fourth-order valence-corrected chi connectivity index (χ4v) is 3.93. The first kappa shape index (κ1) is 31.1. The van der Waals surface area contributed by atoms with E-state index in [-0.39, 0.29) is 55.0 Å². The van der Waals surface area contributed by atoms with Crippen molar-refractivity contribution >= 4 is 35.1 Å². The molecule has 0 saturated heterocycles. The predicted molar refractivity (Wildman–Crippen MR) is 150 cm³/mol. The number of nitrogens with two attached hydrogens (primary N) is 1. The van der Waals surface area contributed by atoms with Crippen molar-refractivity contribution in [2.45, 2.75) is 59.7 Å². The number of esters is 2. The number of benzene rings is 1. The van der Waals surface area contributed by atoms with Crippen molar-refractivity contribution in [3.05, 3.63) is 52.6 Å². The monoisotopic (exact) mass is 570 g/mol. The van der Waals surface area contributed by atoms with Gasteiger partial charge in [-0.15, -0.1) is 0 Å². The molecule has 1 aromatic carbocycles. The number of nitrogen functional groups attached to an aromatic ring is 1. The van der Waals surface area contributed by atoms with E-state index >= 15 is 0 Å². The van der Waals surface area contributed by atoms with Crippen LogP contribution in [0.25, 0.3) is 11.2 Å². The van der Waals surface area contributed by atoms with Crippen molar-refractivity contribution in [1.29, 1.82) is 0 Å². The number of H-pyrrole nitrogens is 1. The third kappa shape index (κ3) is 9.62. The number of fused-ring (bicyclic) bond motifs is 1. The third-order valence-electron chi connectivity index (χ3n) is 6.16. The van der Waals surface area contributed by atoms with Crippen molar-refractivity contribution in [1.82, 2.24) is 24.8 Å². The number of carbonyl (C=O) groups excluding carboxylic acids is 3. The number of rotatable bonds is 14. The molecule has 2 aromatic heterocycles. The molecule has 3 rings (SSSR count). The number of imidazole rings is 1. The molecular weight excluding hydrogens is 532 g/mol. The number of ether oxygens (including phenoxy) is 3. The Morgan fingerprint density at radius 2 is 1.71 bits per heavy atom. The minimum absolute atomic E-state index is 0.00840. The van der Waals surface area contributed by atoms with Gasteiger partial charge in [0.05, 0.1) is 25.5 Å². The second kappa shape index (κ2) is 14.8. The molecule has 1 unspecified atom stereocenters. The Labute approximate surface area is 237 Å². The minimum atomic E-state index is -0.923. The lowest BCUT2D eigenvalue weighted by atomic mass is 10.0. The fraction of sp³-hybridized carbons (Fsp3) is 0.500. The van der Waals surface area contributed by atoms with Crippen LogP contribution in [0.1, 0.15) is 46.1 Å². The summed E-state index contributed by atoms with van der Waals surface area (Å²) in [7, 11) is 0. The van der Waals surface area contributed by atoms with Gasteiger partial charge in [-0.3, -0.25) is 14.6 Å². The highest BCUT2D eigenvalue weighted by Gasteiger charge is 2.26. The molecule has 0 fully saturated rings. The third-order valence-corrected chi connectivity index (χ3v) is 6.16. The summed E-state index contributed by atoms with van der Waals surface area (Å²) in [6.07, 6.45) is 1.49. The summed E-state index contributed by atoms with van der Waals surface area (Å²) in [6.45, 7) is 7.64. The van der Waals surface area contributed by atoms with Gasteiger partial charge < -0.3 is 29.8 Å². The molecule has 0 aliphatic carbocycles. The normalized spacial score (nSPS) is 12.7. The second-order valence-electron chi connectivity index (χ2n) is 10.5. The van der Waals surface area contributed by atoms with Gasteiger partial charge in [-0.2, -0.15) is 4.98 Å². The van der Waals surface area contributed by atoms with Crippen LogP contribution in [0.5, 0.6) is 0 Å². The number of hydrogen-bond donors (Lipinski definition) is 3. The van der Waals surface area contributed by atoms with Gasteiger partial charge in [0.1, 0.15) is 12.6 Å². The zero-order chi connectivity index (χ0) is 29.9. The van der Waals surface area contributed by atoms with E-state index in [0.717, 1.165) is 5.56 Å². The second-order valence-corrected chi connectivity index (χ2v) is 10.5. The largest absolute Gasteiger partial charge is 0.465 e. The van der Waals surface area contributed by atoms with Gasteiger partial charge in [0.15, 0.2) is 11.2 Å². The van der Waals surface area contributed by atoms with E-state index in [0.29, 0.717) is 25.0 Å². The van der Waals surface area contributed by atoms with E-state index < -0.39 is 23.7 Å². The molecule has 2 heterocycles. The Kier molecular flexibility index (Phi) is 11.2. The SMILES string of the molecule is CC(C)C[C@H](NC(=O)OCc1ccccc1)C(=O)OCC(CCn1cnc2c(=O)[nH]c(N)nc21)COC(=O)C(C)C. The standard InChI is InChI=1S/C28H38N6O7/c1-17(2)12-21(31-28(38)41-13-19-8-6-5-7-9-19)26(37)40-15-20(14-39-25(36)18(3)4)10-11-34-16-30-22-23(34)32-27(29)33-24(22)35/h5-9,16-18,20-21H,10-15H2,1-4H3,(H,31,38)(H3,29,32,33,35)/t20?,21-/m0/s1. The molecule has 41 heavy (non-hydrogen) atoms. The van der Waals surface area contributed by atoms with E-state index in [1.165, 1.54) is 6.33 Å². The highest BCUT2D eigenvalue weighted by molar-refractivity contribution is 5.81. The quantitative estimate of drug-likeness (QED) is 0.193. The summed E-state index contributed by atoms with van der Waals surface area (Å²) in [5.74, 6) is -1.66. The van der Waals surface area contributed by atoms with Gasteiger partial charge in [0, 0.05) is 12.5 Å². The molecule has 13 heteroatoms. The van der Waals surface area contributed by atoms with Crippen LogP contribution in [0.4, 0.5) is 10.7 Å². The maximum atomic E-state index is 13.0. The molecule has 3 aromatic rings. The van der Waals surface area contributed by atoms with Gasteiger partial charge in [-0.05, 0) is 24.3 Å². The summed E-state index contributed by atoms with van der Waals surface area (Å²) < 4.78 is 18.0. The van der Waals surface area contributed by atoms with Crippen LogP contribution in [-0.2, 0) is 37.0 Å². The number of hydrogen-bond acceptors (Lipinski definition) is 10. The molecule has 1 amide bonds. The number of aromatic amines is 1. The van der Waals surface area contributed by atoms with Crippen LogP contribution < -0.4 is 16.6 Å². The Bertz CT molecular complexity index is 1370. The molecular formula is C28H38N6O7. The van der Waals surface area contributed by atoms with Gasteiger partial charge in [0.2, 0.25) is 5.95 Å². The van der Waals surface area contributed by atoms with Gasteiger partial charge in [0.25, 0.3) is 5.56 Å². The van der Waals surface area contributed by atoms with Crippen molar-refractivity contribution in [3.8, 4) is 0 Å². The van der Waals surface area contributed by atoms with E-state index in [1.54, 1.807) is 18.4 Å². The number of nitrogens with one attached hydrogen (secondary N) is 2. The Morgan fingerprint density at radius 3 is 2.37 bits per heavy atom. The summed E-state index contributed by atoms with van der Waals surface area (Å²) in [5.41, 5.74) is 6.51. The number of carbonyl (C=O) groups is 3. The van der Waals surface area contributed by atoms with Gasteiger partial charge in [-0.25, -0.2) is 14.6 Å². The lowest BCUT2D eigenvalue weighted by molar-refractivity contribution is -0.152. The number of nitrogens with zero attached hydrogens (tertiary/aromatic N) is 3. The Balaban J connectivity index is 1.63. The van der Waals surface area contributed by atoms with Gasteiger partial charge in [-0.1, -0.05) is 58.0 Å². The lowest BCUT2D eigenvalue weighted by Crippen LogP contribution is -2.43. The number of anilines is 1. The van der Waals surface area contributed by atoms with Crippen LogP contribution in [-0.4, -0.2) is 56.8 Å². The highest BCUT2D eigenvalue weighted by Crippen LogP contribution is 2.15. The molecule has 13 nitrogen and oxygen atoms in total. The lowest BCUT2D eigenvalue weighted by Gasteiger charge is -2.22. The average molecular weight is 571 g/mol. The van der Waals surface area contributed by atoms with Crippen LogP contribution in [0.2, 0.25) is 0 Å². The van der Waals surface area contributed by atoms with Crippen LogP contribution in [0, 0.1) is 17.8 Å². The van der Waals surface area contributed by atoms with Gasteiger partial charge >= 0.3 is 18.0 Å². The van der Waals surface area contributed by atoms with Crippen molar-refractivity contribution < 1.29 is 28.6 Å². The van der Waals surface area contributed by atoms with E-state index in [9.17, 15) is 19.2 Å². The first-order valence-electron chi connectivity index (χ1n) is 13.5. The van der Waals surface area contributed by atoms with Crippen LogP contribution in [0.15, 0.2) is 41.5 Å². The smallest absolute Gasteiger partial charge is 0.408 e. The van der Waals surface area contributed by atoms with Crippen molar-refractivity contribution in [2.75, 3.05) is 18.9 Å². The molecule has 0 aliphatic heterocycles. The predicted octanol–water partition coefficient (Wildman–Crippen LogP) is 2.79. The molecule has 0 spiro atoms. The first-order chi connectivity index (χ1) is 19.5. The summed E-state index contributed by atoms with van der Waals surface area (Å²) >= 11 is 0. The van der Waals surface area contributed by atoms with E-state index in [1.807, 2.05) is 44.2 Å². The Hall–Kier alpha value is -4.42. The van der Waals surface area contributed by atoms with Crippen molar-refractivity contribution in [3.63, 3.8) is 0 Å². The number of aromatic nitrogens is 4. The molecule has 222 valence electrons. The number of aryl methyl sites for hydroxylation is 1. The highest BCUT2D eigenvalue weighted by atomic mass is 16.6. The average Bonchev–Trinajstić information content (AvgIpc) is 3.34. The zero-order valence-electron chi connectivity index (χ0n) is 23.8. The minimum Gasteiger partial charge on any atom is -0.465 e. The fourth-order valence-electron chi connectivity index (χ4n) is 3.93. The maximum Gasteiger partial charge on any atom is 0.408 e. The zero-order valence-corrected chi connectivity index (χ0v) is 23.8. The summed E-state index contributed by atoms with van der Waals surface area (Å²) in [6, 6.07) is 8.27. The van der Waals surface area contributed by atoms with Crippen LogP contribution >= 0.6 is 0 Å². The van der Waals surface area contributed by atoms with E-state index in [2.05, 4.69) is 20.3 Å². The Morgan fingerprint density at radius 1 is 1.02 bits per heavy atom. The van der Waals surface area contributed by atoms with E-state index in [4.69, 9.17) is 19.9 Å². The molecule has 0 saturated carbocycles. The molecule has 0 bridgehead atoms. The molecule has 0 radical (unpaired) electrons. The first-order valence-corrected chi connectivity index (χ1v) is 13.5. The molecule has 2 atom stereocenters. The van der Waals surface area contributed by atoms with Crippen LogP contribution in [0.3, 0.4) is 0 Å². The summed E-state index contributed by atoms with van der Waals surface area (Å²) in [4.78, 5) is 60.3. The number of alkyl carbamates (subject to hydrolysis) is 1. The maximum absolute atomic E-state index is 13.0. The number of amides is 1. The molecule has 0 aliphatic rings. The topological polar surface area (TPSA) is 181 Å². The van der Waals surface area contributed by atoms with Crippen molar-refractivity contribution in [2.24, 2.45) is 17.8 Å².